The minimum atomic E-state index is -0.00611. The van der Waals surface area contributed by atoms with Gasteiger partial charge in [-0.2, -0.15) is 0 Å². The van der Waals surface area contributed by atoms with E-state index in [0.717, 1.165) is 18.6 Å². The van der Waals surface area contributed by atoms with Gasteiger partial charge in [0.05, 0.1) is 13.2 Å². The molecule has 0 radical (unpaired) electrons. The number of rotatable bonds is 2. The molecule has 1 aliphatic rings. The second-order valence-electron chi connectivity index (χ2n) is 3.38. The molecule has 0 spiro atoms. The molecule has 0 bridgehead atoms. The summed E-state index contributed by atoms with van der Waals surface area (Å²) in [5.74, 6) is 0.611. The molecule has 0 aliphatic carbocycles. The topological polar surface area (TPSA) is 57.4 Å². The molecule has 0 amide bonds. The molecule has 0 aromatic carbocycles. The lowest BCUT2D eigenvalue weighted by Gasteiger charge is -2.14. The Labute approximate surface area is 107 Å². The first kappa shape index (κ1) is 15.4. The van der Waals surface area contributed by atoms with Gasteiger partial charge in [-0.3, -0.25) is 0 Å². The van der Waals surface area contributed by atoms with Gasteiger partial charge in [-0.25, -0.2) is 4.98 Å². The summed E-state index contributed by atoms with van der Waals surface area (Å²) in [6.45, 7) is 0.734. The van der Waals surface area contributed by atoms with Crippen LogP contribution in [0.2, 0.25) is 0 Å². The van der Waals surface area contributed by atoms with Crippen molar-refractivity contribution in [1.82, 2.24) is 4.98 Å². The van der Waals surface area contributed by atoms with Crippen LogP contribution in [0.4, 0.5) is 0 Å². The molecule has 1 aromatic heterocycles. The number of ether oxygens (including phenoxy) is 2. The lowest BCUT2D eigenvalue weighted by Crippen LogP contribution is -2.23. The Bertz CT molecular complexity index is 308. The van der Waals surface area contributed by atoms with E-state index in [1.807, 2.05) is 12.1 Å². The van der Waals surface area contributed by atoms with Gasteiger partial charge in [0.15, 0.2) is 0 Å². The minimum Gasteiger partial charge on any atom is -0.481 e. The molecule has 1 aromatic rings. The van der Waals surface area contributed by atoms with Crippen molar-refractivity contribution in [2.24, 2.45) is 5.73 Å². The van der Waals surface area contributed by atoms with Gasteiger partial charge in [0.25, 0.3) is 0 Å². The standard InChI is InChI=1S/C10H14N2O2.2ClH/c1-13-9-3-2-7(6-12-9)10-8(11)4-5-14-10;;/h2-3,6,8,10H,4-5,11H2,1H3;2*1H. The SMILES string of the molecule is COc1ccc(C2OCCC2N)cn1.Cl.Cl. The molecule has 4 nitrogen and oxygen atoms in total. The molecule has 0 saturated carbocycles. The van der Waals surface area contributed by atoms with E-state index in [-0.39, 0.29) is 37.0 Å². The molecule has 2 heterocycles. The molecule has 1 saturated heterocycles. The fourth-order valence-electron chi connectivity index (χ4n) is 1.63. The van der Waals surface area contributed by atoms with E-state index in [1.165, 1.54) is 0 Å². The zero-order valence-electron chi connectivity index (χ0n) is 8.96. The molecular weight excluding hydrogens is 251 g/mol. The number of pyridine rings is 1. The van der Waals surface area contributed by atoms with Crippen molar-refractivity contribution in [3.05, 3.63) is 23.9 Å². The largest absolute Gasteiger partial charge is 0.481 e. The van der Waals surface area contributed by atoms with Crippen LogP contribution in [0.5, 0.6) is 5.88 Å². The number of nitrogens with zero attached hydrogens (tertiary/aromatic N) is 1. The van der Waals surface area contributed by atoms with Gasteiger partial charge >= 0.3 is 0 Å². The molecular formula is C10H16Cl2N2O2. The Morgan fingerprint density at radius 1 is 1.44 bits per heavy atom. The van der Waals surface area contributed by atoms with Gasteiger partial charge in [0.1, 0.15) is 0 Å². The summed E-state index contributed by atoms with van der Waals surface area (Å²) in [6.07, 6.45) is 2.67. The highest BCUT2D eigenvalue weighted by Gasteiger charge is 2.26. The Hall–Kier alpha value is -0.550. The van der Waals surface area contributed by atoms with Gasteiger partial charge in [-0.15, -0.1) is 24.8 Å². The van der Waals surface area contributed by atoms with E-state index in [2.05, 4.69) is 4.98 Å². The maximum Gasteiger partial charge on any atom is 0.212 e. The number of halogens is 2. The maximum absolute atomic E-state index is 5.90. The molecule has 92 valence electrons. The Balaban J connectivity index is 0.00000112. The fourth-order valence-corrected chi connectivity index (χ4v) is 1.63. The van der Waals surface area contributed by atoms with E-state index in [1.54, 1.807) is 13.3 Å². The molecule has 16 heavy (non-hydrogen) atoms. The lowest BCUT2D eigenvalue weighted by molar-refractivity contribution is 0.105. The highest BCUT2D eigenvalue weighted by molar-refractivity contribution is 5.85. The highest BCUT2D eigenvalue weighted by Crippen LogP contribution is 2.27. The first-order valence-corrected chi connectivity index (χ1v) is 4.68. The predicted molar refractivity (Wildman–Crippen MR) is 66.6 cm³/mol. The van der Waals surface area contributed by atoms with Gasteiger partial charge in [-0.05, 0) is 12.5 Å². The van der Waals surface area contributed by atoms with Crippen LogP contribution >= 0.6 is 24.8 Å². The van der Waals surface area contributed by atoms with Crippen LogP contribution in [0.15, 0.2) is 18.3 Å². The number of methoxy groups -OCH3 is 1. The summed E-state index contributed by atoms with van der Waals surface area (Å²) in [7, 11) is 1.60. The summed E-state index contributed by atoms with van der Waals surface area (Å²) in [5, 5.41) is 0. The zero-order valence-corrected chi connectivity index (χ0v) is 10.6. The Morgan fingerprint density at radius 3 is 2.62 bits per heavy atom. The van der Waals surface area contributed by atoms with Crippen LogP contribution < -0.4 is 10.5 Å². The molecule has 1 fully saturated rings. The number of nitrogens with two attached hydrogens (primary N) is 1. The van der Waals surface area contributed by atoms with E-state index >= 15 is 0 Å². The average molecular weight is 267 g/mol. The van der Waals surface area contributed by atoms with Crippen LogP contribution in [-0.2, 0) is 4.74 Å². The first-order chi connectivity index (χ1) is 6.81. The Kier molecular flexibility index (Phi) is 6.67. The third kappa shape index (κ3) is 3.22. The number of hydrogen-bond acceptors (Lipinski definition) is 4. The van der Waals surface area contributed by atoms with E-state index in [0.29, 0.717) is 5.88 Å². The van der Waals surface area contributed by atoms with Crippen LogP contribution in [0.25, 0.3) is 0 Å². The van der Waals surface area contributed by atoms with E-state index in [9.17, 15) is 0 Å². The molecule has 2 atom stereocenters. The monoisotopic (exact) mass is 266 g/mol. The Morgan fingerprint density at radius 2 is 2.19 bits per heavy atom. The van der Waals surface area contributed by atoms with Gasteiger partial charge in [-0.1, -0.05) is 0 Å². The van der Waals surface area contributed by atoms with Crippen LogP contribution in [-0.4, -0.2) is 24.7 Å². The zero-order chi connectivity index (χ0) is 9.97. The normalized spacial score (nSPS) is 23.1. The molecule has 2 unspecified atom stereocenters. The third-order valence-corrected chi connectivity index (χ3v) is 2.43. The molecule has 6 heteroatoms. The number of hydrogen-bond donors (Lipinski definition) is 1. The predicted octanol–water partition coefficient (Wildman–Crippen LogP) is 1.72. The maximum atomic E-state index is 5.90. The van der Waals surface area contributed by atoms with Crippen molar-refractivity contribution < 1.29 is 9.47 Å². The summed E-state index contributed by atoms with van der Waals surface area (Å²) in [5.41, 5.74) is 6.92. The minimum absolute atomic E-state index is 0. The molecule has 2 N–H and O–H groups in total. The van der Waals surface area contributed by atoms with E-state index in [4.69, 9.17) is 15.2 Å². The summed E-state index contributed by atoms with van der Waals surface area (Å²) < 4.78 is 10.5. The van der Waals surface area contributed by atoms with Gasteiger partial charge in [0, 0.05) is 30.5 Å². The second kappa shape index (κ2) is 6.91. The fraction of sp³-hybridized carbons (Fsp3) is 0.500. The van der Waals surface area contributed by atoms with Crippen LogP contribution in [0.3, 0.4) is 0 Å². The van der Waals surface area contributed by atoms with Crippen molar-refractivity contribution in [1.29, 1.82) is 0 Å². The summed E-state index contributed by atoms with van der Waals surface area (Å²) in [6, 6.07) is 3.86. The van der Waals surface area contributed by atoms with Crippen molar-refractivity contribution in [2.75, 3.05) is 13.7 Å². The van der Waals surface area contributed by atoms with Crippen molar-refractivity contribution >= 4 is 24.8 Å². The third-order valence-electron chi connectivity index (χ3n) is 2.43. The molecule has 2 rings (SSSR count). The van der Waals surface area contributed by atoms with E-state index < -0.39 is 0 Å². The van der Waals surface area contributed by atoms with Crippen molar-refractivity contribution in [3.8, 4) is 5.88 Å². The number of aromatic nitrogens is 1. The highest BCUT2D eigenvalue weighted by atomic mass is 35.5. The van der Waals surface area contributed by atoms with Gasteiger partial charge < -0.3 is 15.2 Å². The van der Waals surface area contributed by atoms with Gasteiger partial charge in [0.2, 0.25) is 5.88 Å². The van der Waals surface area contributed by atoms with Crippen LogP contribution in [0, 0.1) is 0 Å². The first-order valence-electron chi connectivity index (χ1n) is 4.68. The summed E-state index contributed by atoms with van der Waals surface area (Å²) in [4.78, 5) is 4.12. The van der Waals surface area contributed by atoms with Crippen molar-refractivity contribution in [3.63, 3.8) is 0 Å². The van der Waals surface area contributed by atoms with Crippen molar-refractivity contribution in [2.45, 2.75) is 18.6 Å². The molecule has 1 aliphatic heterocycles. The summed E-state index contributed by atoms with van der Waals surface area (Å²) >= 11 is 0. The lowest BCUT2D eigenvalue weighted by atomic mass is 10.1. The van der Waals surface area contributed by atoms with Crippen LogP contribution in [0.1, 0.15) is 18.1 Å². The smallest absolute Gasteiger partial charge is 0.212 e. The second-order valence-corrected chi connectivity index (χ2v) is 3.38. The average Bonchev–Trinajstić information content (AvgIpc) is 2.65. The quantitative estimate of drug-likeness (QED) is 0.886.